The Labute approximate surface area is 201 Å². The molecule has 168 valence electrons. The van der Waals surface area contributed by atoms with Crippen molar-refractivity contribution in [3.63, 3.8) is 0 Å². The van der Waals surface area contributed by atoms with Crippen molar-refractivity contribution in [1.82, 2.24) is 9.55 Å². The number of hydrogen-bond donors (Lipinski definition) is 0. The van der Waals surface area contributed by atoms with Gasteiger partial charge >= 0.3 is 0 Å². The van der Waals surface area contributed by atoms with Crippen LogP contribution in [-0.4, -0.2) is 27.3 Å². The normalized spacial score (nSPS) is 15.1. The van der Waals surface area contributed by atoms with Crippen molar-refractivity contribution in [2.24, 2.45) is 0 Å². The molecule has 0 saturated carbocycles. The van der Waals surface area contributed by atoms with Gasteiger partial charge in [-0.2, -0.15) is 5.26 Å². The monoisotopic (exact) mass is 466 g/mol. The highest BCUT2D eigenvalue weighted by atomic mass is 32.2. The lowest BCUT2D eigenvalue weighted by Gasteiger charge is -2.35. The number of aryl methyl sites for hydroxylation is 1. The summed E-state index contributed by atoms with van der Waals surface area (Å²) in [6, 6.07) is 24.2. The Hall–Kier alpha value is -3.89. The fourth-order valence-electron chi connectivity index (χ4n) is 4.39. The molecule has 3 aromatic carbocycles. The molecule has 7 heteroatoms. The van der Waals surface area contributed by atoms with Gasteiger partial charge in [0.15, 0.2) is 5.16 Å². The third kappa shape index (κ3) is 3.97. The van der Waals surface area contributed by atoms with Gasteiger partial charge in [-0.05, 0) is 67.8 Å². The predicted octanol–water partition coefficient (Wildman–Crippen LogP) is 4.72. The number of carbonyl (C=O) groups excluding carboxylic acids is 1. The molecule has 2 heterocycles. The zero-order chi connectivity index (χ0) is 23.7. The van der Waals surface area contributed by atoms with Crippen molar-refractivity contribution in [2.75, 3.05) is 10.7 Å². The fourth-order valence-corrected chi connectivity index (χ4v) is 5.26. The number of carbonyl (C=O) groups is 1. The number of rotatable bonds is 4. The van der Waals surface area contributed by atoms with E-state index in [2.05, 4.69) is 19.1 Å². The van der Waals surface area contributed by atoms with E-state index in [1.165, 1.54) is 21.9 Å². The van der Waals surface area contributed by atoms with Gasteiger partial charge in [0.1, 0.15) is 0 Å². The van der Waals surface area contributed by atoms with Gasteiger partial charge < -0.3 is 4.90 Å². The smallest absolute Gasteiger partial charge is 0.266 e. The molecule has 1 aromatic heterocycles. The van der Waals surface area contributed by atoms with Crippen LogP contribution in [0, 0.1) is 11.3 Å². The maximum Gasteiger partial charge on any atom is 0.266 e. The average Bonchev–Trinajstić information content (AvgIpc) is 2.87. The SMILES string of the molecule is CC1CCc2ccccc2N1C(=O)CSc1nc2ccccc2c(=O)n1-c1ccc(C#N)cc1. The molecule has 5 rings (SSSR count). The topological polar surface area (TPSA) is 79.0 Å². The third-order valence-corrected chi connectivity index (χ3v) is 7.04. The Morgan fingerprint density at radius 2 is 1.82 bits per heavy atom. The Morgan fingerprint density at radius 3 is 2.62 bits per heavy atom. The number of thioether (sulfide) groups is 1. The molecular formula is C27H22N4O2S. The lowest BCUT2D eigenvalue weighted by atomic mass is 9.97. The molecule has 0 aliphatic carbocycles. The summed E-state index contributed by atoms with van der Waals surface area (Å²) in [5.74, 6) is 0.137. The number of nitrogens with zero attached hydrogens (tertiary/aromatic N) is 4. The van der Waals surface area contributed by atoms with Gasteiger partial charge in [0, 0.05) is 11.7 Å². The molecule has 1 atom stereocenters. The minimum absolute atomic E-state index is 0.0153. The number of nitriles is 1. The van der Waals surface area contributed by atoms with E-state index < -0.39 is 0 Å². The van der Waals surface area contributed by atoms with Gasteiger partial charge in [-0.15, -0.1) is 0 Å². The van der Waals surface area contributed by atoms with Crippen LogP contribution < -0.4 is 10.5 Å². The highest BCUT2D eigenvalue weighted by Crippen LogP contribution is 2.32. The van der Waals surface area contributed by atoms with Crippen LogP contribution in [0.1, 0.15) is 24.5 Å². The van der Waals surface area contributed by atoms with Crippen LogP contribution in [0.2, 0.25) is 0 Å². The van der Waals surface area contributed by atoms with Gasteiger partial charge in [0.25, 0.3) is 5.56 Å². The molecule has 0 bridgehead atoms. The van der Waals surface area contributed by atoms with E-state index in [4.69, 9.17) is 10.2 Å². The Morgan fingerprint density at radius 1 is 1.09 bits per heavy atom. The quantitative estimate of drug-likeness (QED) is 0.321. The first kappa shape index (κ1) is 21.9. The van der Waals surface area contributed by atoms with Crippen molar-refractivity contribution in [2.45, 2.75) is 31.0 Å². The second-order valence-corrected chi connectivity index (χ2v) is 9.22. The number of hydrogen-bond acceptors (Lipinski definition) is 5. The first-order valence-corrected chi connectivity index (χ1v) is 12.1. The van der Waals surface area contributed by atoms with Crippen LogP contribution in [0.25, 0.3) is 16.6 Å². The summed E-state index contributed by atoms with van der Waals surface area (Å²) >= 11 is 1.25. The minimum Gasteiger partial charge on any atom is -0.309 e. The second kappa shape index (κ2) is 9.16. The summed E-state index contributed by atoms with van der Waals surface area (Å²) < 4.78 is 1.52. The third-order valence-electron chi connectivity index (χ3n) is 6.12. The molecule has 6 nitrogen and oxygen atoms in total. The van der Waals surface area contributed by atoms with E-state index in [9.17, 15) is 9.59 Å². The Bertz CT molecular complexity index is 1490. The summed E-state index contributed by atoms with van der Waals surface area (Å²) in [5.41, 5.74) is 3.63. The van der Waals surface area contributed by atoms with Crippen LogP contribution >= 0.6 is 11.8 Å². The molecule has 1 aliphatic rings. The molecule has 0 spiro atoms. The Balaban J connectivity index is 1.52. The zero-order valence-corrected chi connectivity index (χ0v) is 19.5. The first-order valence-electron chi connectivity index (χ1n) is 11.1. The maximum atomic E-state index is 13.4. The van der Waals surface area contributed by atoms with Gasteiger partial charge in [0.2, 0.25) is 5.91 Å². The number of anilines is 1. The minimum atomic E-state index is -0.207. The number of amides is 1. The first-order chi connectivity index (χ1) is 16.6. The summed E-state index contributed by atoms with van der Waals surface area (Å²) in [6.07, 6.45) is 1.87. The van der Waals surface area contributed by atoms with Gasteiger partial charge in [-0.1, -0.05) is 42.1 Å². The van der Waals surface area contributed by atoms with E-state index in [0.717, 1.165) is 18.5 Å². The highest BCUT2D eigenvalue weighted by Gasteiger charge is 2.28. The highest BCUT2D eigenvalue weighted by molar-refractivity contribution is 7.99. The van der Waals surface area contributed by atoms with Crippen LogP contribution in [0.4, 0.5) is 5.69 Å². The molecule has 0 saturated heterocycles. The largest absolute Gasteiger partial charge is 0.309 e. The van der Waals surface area contributed by atoms with Gasteiger partial charge in [0.05, 0.1) is 34.0 Å². The van der Waals surface area contributed by atoms with Crippen molar-refractivity contribution in [3.05, 3.63) is 94.3 Å². The van der Waals surface area contributed by atoms with E-state index in [0.29, 0.717) is 27.3 Å². The van der Waals surface area contributed by atoms with E-state index >= 15 is 0 Å². The zero-order valence-electron chi connectivity index (χ0n) is 18.6. The van der Waals surface area contributed by atoms with Crippen molar-refractivity contribution in [3.8, 4) is 11.8 Å². The lowest BCUT2D eigenvalue weighted by molar-refractivity contribution is -0.116. The molecular weight excluding hydrogens is 444 g/mol. The van der Waals surface area contributed by atoms with Crippen molar-refractivity contribution < 1.29 is 4.79 Å². The standard InChI is InChI=1S/C27H22N4O2S/c1-18-10-13-20-6-2-5-9-24(20)30(18)25(32)17-34-27-29-23-8-4-3-7-22(23)26(33)31(27)21-14-11-19(16-28)12-15-21/h2-9,11-12,14-15,18H,10,13,17H2,1H3. The second-order valence-electron chi connectivity index (χ2n) is 8.28. The van der Waals surface area contributed by atoms with Crippen LogP contribution in [0.3, 0.4) is 0 Å². The van der Waals surface area contributed by atoms with Gasteiger partial charge in [-0.25, -0.2) is 4.98 Å². The van der Waals surface area contributed by atoms with Crippen LogP contribution in [0.5, 0.6) is 0 Å². The number of aromatic nitrogens is 2. The van der Waals surface area contributed by atoms with Gasteiger partial charge in [-0.3, -0.25) is 14.2 Å². The molecule has 1 amide bonds. The van der Waals surface area contributed by atoms with Crippen molar-refractivity contribution in [1.29, 1.82) is 5.26 Å². The number of fused-ring (bicyclic) bond motifs is 2. The number of para-hydroxylation sites is 2. The summed E-state index contributed by atoms with van der Waals surface area (Å²) in [7, 11) is 0. The Kier molecular flexibility index (Phi) is 5.91. The molecule has 1 unspecified atom stereocenters. The molecule has 4 aromatic rings. The average molecular weight is 467 g/mol. The maximum absolute atomic E-state index is 13.4. The fraction of sp³-hybridized carbons (Fsp3) is 0.185. The number of benzene rings is 3. The molecule has 0 radical (unpaired) electrons. The lowest BCUT2D eigenvalue weighted by Crippen LogP contribution is -2.43. The summed E-state index contributed by atoms with van der Waals surface area (Å²) in [6.45, 7) is 2.07. The van der Waals surface area contributed by atoms with Crippen LogP contribution in [-0.2, 0) is 11.2 Å². The molecule has 1 aliphatic heterocycles. The summed E-state index contributed by atoms with van der Waals surface area (Å²) in [5, 5.41) is 10.1. The van der Waals surface area contributed by atoms with Crippen molar-refractivity contribution >= 4 is 34.3 Å². The van der Waals surface area contributed by atoms with Crippen LogP contribution in [0.15, 0.2) is 82.7 Å². The molecule has 0 fully saturated rings. The van der Waals surface area contributed by atoms with E-state index in [1.54, 1.807) is 42.5 Å². The van der Waals surface area contributed by atoms with E-state index in [-0.39, 0.29) is 23.3 Å². The summed E-state index contributed by atoms with van der Waals surface area (Å²) in [4.78, 5) is 33.4. The molecule has 0 N–H and O–H groups in total. The predicted molar refractivity (Wildman–Crippen MR) is 134 cm³/mol. The van der Waals surface area contributed by atoms with E-state index in [1.807, 2.05) is 29.2 Å². The molecule has 34 heavy (non-hydrogen) atoms.